The Kier molecular flexibility index (Phi) is 6.39. The van der Waals surface area contributed by atoms with Crippen LogP contribution in [0, 0.1) is 0 Å². The smallest absolute Gasteiger partial charge is 0.326 e. The molecule has 0 saturated carbocycles. The van der Waals surface area contributed by atoms with Crippen LogP contribution in [-0.4, -0.2) is 45.5 Å². The standard InChI is InChI=1S/C15H19NO5/c1-2-6-12(15(20)21)16(10-9-13(17)18)14(19)11-7-4-3-5-8-11/h3-5,7-8,12H,2,6,9-10H2,1H3,(H,17,18)(H,20,21). The van der Waals surface area contributed by atoms with Gasteiger partial charge in [0.15, 0.2) is 0 Å². The van der Waals surface area contributed by atoms with E-state index in [2.05, 4.69) is 0 Å². The van der Waals surface area contributed by atoms with Crippen LogP contribution in [0.5, 0.6) is 0 Å². The largest absolute Gasteiger partial charge is 0.481 e. The van der Waals surface area contributed by atoms with Crippen molar-refractivity contribution in [3.05, 3.63) is 35.9 Å². The molecule has 2 N–H and O–H groups in total. The lowest BCUT2D eigenvalue weighted by Crippen LogP contribution is -2.46. The number of benzene rings is 1. The molecule has 0 saturated heterocycles. The number of rotatable bonds is 8. The van der Waals surface area contributed by atoms with Crippen LogP contribution in [0.1, 0.15) is 36.5 Å². The van der Waals surface area contributed by atoms with Crippen molar-refractivity contribution >= 4 is 17.8 Å². The molecule has 114 valence electrons. The van der Waals surface area contributed by atoms with Crippen molar-refractivity contribution in [1.29, 1.82) is 0 Å². The van der Waals surface area contributed by atoms with E-state index in [0.717, 1.165) is 4.90 Å². The van der Waals surface area contributed by atoms with E-state index >= 15 is 0 Å². The summed E-state index contributed by atoms with van der Waals surface area (Å²) in [4.78, 5) is 35.7. The molecule has 0 bridgehead atoms. The lowest BCUT2D eigenvalue weighted by atomic mass is 10.1. The van der Waals surface area contributed by atoms with Gasteiger partial charge in [0.1, 0.15) is 6.04 Å². The average Bonchev–Trinajstić information content (AvgIpc) is 2.46. The highest BCUT2D eigenvalue weighted by Crippen LogP contribution is 2.14. The van der Waals surface area contributed by atoms with Crippen molar-refractivity contribution in [2.45, 2.75) is 32.2 Å². The summed E-state index contributed by atoms with van der Waals surface area (Å²) in [7, 11) is 0. The fourth-order valence-electron chi connectivity index (χ4n) is 2.05. The SMILES string of the molecule is CCCC(C(=O)O)N(CCC(=O)O)C(=O)c1ccccc1. The van der Waals surface area contributed by atoms with Gasteiger partial charge in [-0.15, -0.1) is 0 Å². The van der Waals surface area contributed by atoms with Gasteiger partial charge in [0.25, 0.3) is 5.91 Å². The predicted octanol–water partition coefficient (Wildman–Crippen LogP) is 1.86. The normalized spacial score (nSPS) is 11.7. The lowest BCUT2D eigenvalue weighted by Gasteiger charge is -2.28. The van der Waals surface area contributed by atoms with Gasteiger partial charge in [-0.2, -0.15) is 0 Å². The molecule has 1 atom stereocenters. The lowest BCUT2D eigenvalue weighted by molar-refractivity contribution is -0.144. The van der Waals surface area contributed by atoms with E-state index in [-0.39, 0.29) is 19.4 Å². The maximum absolute atomic E-state index is 12.4. The van der Waals surface area contributed by atoms with Gasteiger partial charge >= 0.3 is 11.9 Å². The molecule has 1 aromatic carbocycles. The van der Waals surface area contributed by atoms with E-state index < -0.39 is 23.9 Å². The Balaban J connectivity index is 3.02. The summed E-state index contributed by atoms with van der Waals surface area (Å²) in [5.41, 5.74) is 0.352. The first-order valence-corrected chi connectivity index (χ1v) is 6.78. The Morgan fingerprint density at radius 3 is 2.24 bits per heavy atom. The van der Waals surface area contributed by atoms with Crippen LogP contribution >= 0.6 is 0 Å². The van der Waals surface area contributed by atoms with Gasteiger partial charge in [-0.3, -0.25) is 9.59 Å². The van der Waals surface area contributed by atoms with Crippen molar-refractivity contribution in [2.24, 2.45) is 0 Å². The Hall–Kier alpha value is -2.37. The third-order valence-electron chi connectivity index (χ3n) is 3.07. The second-order valence-corrected chi connectivity index (χ2v) is 4.65. The fourth-order valence-corrected chi connectivity index (χ4v) is 2.05. The van der Waals surface area contributed by atoms with E-state index in [1.165, 1.54) is 0 Å². The molecular weight excluding hydrogens is 274 g/mol. The maximum Gasteiger partial charge on any atom is 0.326 e. The number of hydrogen-bond acceptors (Lipinski definition) is 3. The number of carbonyl (C=O) groups is 3. The highest BCUT2D eigenvalue weighted by atomic mass is 16.4. The van der Waals surface area contributed by atoms with Crippen molar-refractivity contribution in [1.82, 2.24) is 4.90 Å². The monoisotopic (exact) mass is 293 g/mol. The van der Waals surface area contributed by atoms with Crippen molar-refractivity contribution in [3.63, 3.8) is 0 Å². The Labute approximate surface area is 123 Å². The number of carbonyl (C=O) groups excluding carboxylic acids is 1. The van der Waals surface area contributed by atoms with E-state index in [4.69, 9.17) is 5.11 Å². The first-order valence-electron chi connectivity index (χ1n) is 6.78. The van der Waals surface area contributed by atoms with Crippen LogP contribution in [-0.2, 0) is 9.59 Å². The van der Waals surface area contributed by atoms with Gasteiger partial charge in [-0.05, 0) is 18.6 Å². The molecular formula is C15H19NO5. The molecule has 1 unspecified atom stereocenters. The Bertz CT molecular complexity index is 500. The average molecular weight is 293 g/mol. The van der Waals surface area contributed by atoms with Crippen molar-refractivity contribution < 1.29 is 24.6 Å². The topological polar surface area (TPSA) is 94.9 Å². The third-order valence-corrected chi connectivity index (χ3v) is 3.07. The molecule has 0 heterocycles. The molecule has 0 radical (unpaired) electrons. The van der Waals surface area contributed by atoms with Gasteiger partial charge in [0.05, 0.1) is 6.42 Å². The zero-order valence-electron chi connectivity index (χ0n) is 11.9. The molecule has 0 aliphatic rings. The molecule has 0 aliphatic carbocycles. The number of amides is 1. The highest BCUT2D eigenvalue weighted by molar-refractivity contribution is 5.96. The number of nitrogens with zero attached hydrogens (tertiary/aromatic N) is 1. The zero-order chi connectivity index (χ0) is 15.8. The molecule has 6 heteroatoms. The number of carboxylic acid groups (broad SMARTS) is 2. The minimum Gasteiger partial charge on any atom is -0.481 e. The van der Waals surface area contributed by atoms with Crippen molar-refractivity contribution in [3.8, 4) is 0 Å². The minimum absolute atomic E-state index is 0.125. The van der Waals surface area contributed by atoms with Gasteiger partial charge in [0, 0.05) is 12.1 Å². The van der Waals surface area contributed by atoms with Crippen LogP contribution in [0.2, 0.25) is 0 Å². The molecule has 21 heavy (non-hydrogen) atoms. The van der Waals surface area contributed by atoms with Gasteiger partial charge in [0.2, 0.25) is 0 Å². The molecule has 0 aliphatic heterocycles. The third kappa shape index (κ3) is 4.91. The second kappa shape index (κ2) is 8.04. The minimum atomic E-state index is -1.12. The molecule has 1 aromatic rings. The summed E-state index contributed by atoms with van der Waals surface area (Å²) in [6.07, 6.45) is 0.586. The molecule has 1 rings (SSSR count). The second-order valence-electron chi connectivity index (χ2n) is 4.65. The highest BCUT2D eigenvalue weighted by Gasteiger charge is 2.29. The first-order chi connectivity index (χ1) is 9.97. The summed E-state index contributed by atoms with van der Waals surface area (Å²) >= 11 is 0. The quantitative estimate of drug-likeness (QED) is 0.762. The van der Waals surface area contributed by atoms with Crippen LogP contribution < -0.4 is 0 Å². The van der Waals surface area contributed by atoms with Crippen LogP contribution in [0.25, 0.3) is 0 Å². The van der Waals surface area contributed by atoms with Gasteiger partial charge in [-0.1, -0.05) is 31.5 Å². The number of aliphatic carboxylic acids is 2. The maximum atomic E-state index is 12.4. The Morgan fingerprint density at radius 1 is 1.14 bits per heavy atom. The zero-order valence-corrected chi connectivity index (χ0v) is 11.9. The fraction of sp³-hybridized carbons (Fsp3) is 0.400. The van der Waals surface area contributed by atoms with Crippen LogP contribution in [0.3, 0.4) is 0 Å². The molecule has 6 nitrogen and oxygen atoms in total. The van der Waals surface area contributed by atoms with Crippen LogP contribution in [0.4, 0.5) is 0 Å². The first kappa shape index (κ1) is 16.7. The molecule has 0 spiro atoms. The summed E-state index contributed by atoms with van der Waals surface area (Å²) < 4.78 is 0. The van der Waals surface area contributed by atoms with E-state index in [1.54, 1.807) is 30.3 Å². The predicted molar refractivity (Wildman–Crippen MR) is 76.1 cm³/mol. The molecule has 1 amide bonds. The van der Waals surface area contributed by atoms with Gasteiger partial charge < -0.3 is 15.1 Å². The van der Waals surface area contributed by atoms with E-state index in [0.29, 0.717) is 12.0 Å². The molecule has 0 fully saturated rings. The summed E-state index contributed by atoms with van der Waals surface area (Å²) in [6, 6.07) is 7.26. The Morgan fingerprint density at radius 2 is 1.76 bits per heavy atom. The van der Waals surface area contributed by atoms with E-state index in [1.807, 2.05) is 6.92 Å². The number of hydrogen-bond donors (Lipinski definition) is 2. The van der Waals surface area contributed by atoms with Gasteiger partial charge in [-0.25, -0.2) is 4.79 Å². The van der Waals surface area contributed by atoms with Crippen molar-refractivity contribution in [2.75, 3.05) is 6.54 Å². The summed E-state index contributed by atoms with van der Waals surface area (Å²) in [5.74, 6) is -2.65. The van der Waals surface area contributed by atoms with Crippen LogP contribution in [0.15, 0.2) is 30.3 Å². The summed E-state index contributed by atoms with van der Waals surface area (Å²) in [6.45, 7) is 1.69. The number of carboxylic acids is 2. The van der Waals surface area contributed by atoms with E-state index in [9.17, 15) is 19.5 Å². The summed E-state index contributed by atoms with van der Waals surface area (Å²) in [5, 5.41) is 18.1. The molecule has 0 aromatic heterocycles.